The van der Waals surface area contributed by atoms with E-state index in [9.17, 15) is 0 Å². The van der Waals surface area contributed by atoms with Crippen LogP contribution in [0.15, 0.2) is 0 Å². The van der Waals surface area contributed by atoms with Gasteiger partial charge in [0, 0.05) is 13.7 Å². The molecule has 3 nitrogen and oxygen atoms in total. The number of methoxy groups -OCH3 is 1. The Bertz CT molecular complexity index is 119. The van der Waals surface area contributed by atoms with Crippen LogP contribution < -0.4 is 11.1 Å². The molecule has 3 heteroatoms. The molecule has 3 N–H and O–H groups in total. The Morgan fingerprint density at radius 1 is 1.64 bits per heavy atom. The van der Waals surface area contributed by atoms with Crippen molar-refractivity contribution in [3.05, 3.63) is 0 Å². The Hall–Kier alpha value is -0.120. The van der Waals surface area contributed by atoms with Crippen LogP contribution in [0.1, 0.15) is 12.8 Å². The Balaban J connectivity index is 2.50. The van der Waals surface area contributed by atoms with Gasteiger partial charge in [0.1, 0.15) is 0 Å². The van der Waals surface area contributed by atoms with Crippen LogP contribution in [-0.2, 0) is 4.74 Å². The van der Waals surface area contributed by atoms with Crippen molar-refractivity contribution in [2.75, 3.05) is 27.3 Å². The fourth-order valence-corrected chi connectivity index (χ4v) is 1.62. The summed E-state index contributed by atoms with van der Waals surface area (Å²) in [7, 11) is 3.69. The largest absolute Gasteiger partial charge is 0.383 e. The summed E-state index contributed by atoms with van der Waals surface area (Å²) in [6, 6.07) is 0. The number of rotatable bonds is 5. The predicted molar refractivity (Wildman–Crippen MR) is 45.4 cm³/mol. The van der Waals surface area contributed by atoms with Crippen molar-refractivity contribution >= 4 is 0 Å². The molecule has 0 aromatic heterocycles. The first-order valence-corrected chi connectivity index (χ1v) is 4.17. The van der Waals surface area contributed by atoms with Crippen molar-refractivity contribution in [2.24, 2.45) is 11.7 Å². The van der Waals surface area contributed by atoms with E-state index >= 15 is 0 Å². The van der Waals surface area contributed by atoms with Crippen LogP contribution in [-0.4, -0.2) is 32.8 Å². The third-order valence-electron chi connectivity index (χ3n) is 2.62. The zero-order valence-electron chi connectivity index (χ0n) is 7.39. The molecule has 1 aliphatic rings. The van der Waals surface area contributed by atoms with Crippen molar-refractivity contribution in [3.63, 3.8) is 0 Å². The molecule has 0 bridgehead atoms. The van der Waals surface area contributed by atoms with Gasteiger partial charge in [0.2, 0.25) is 0 Å². The lowest BCUT2D eigenvalue weighted by atomic mass is 9.95. The van der Waals surface area contributed by atoms with Crippen molar-refractivity contribution in [2.45, 2.75) is 18.4 Å². The number of hydrogen-bond donors (Lipinski definition) is 2. The van der Waals surface area contributed by atoms with Crippen LogP contribution in [0.25, 0.3) is 0 Å². The summed E-state index contributed by atoms with van der Waals surface area (Å²) in [5.74, 6) is 0.734. The first kappa shape index (κ1) is 8.97. The van der Waals surface area contributed by atoms with Gasteiger partial charge >= 0.3 is 0 Å². The molecule has 0 amide bonds. The minimum atomic E-state index is 0.0503. The fourth-order valence-electron chi connectivity index (χ4n) is 1.62. The van der Waals surface area contributed by atoms with E-state index in [1.54, 1.807) is 7.11 Å². The molecule has 1 aliphatic carbocycles. The van der Waals surface area contributed by atoms with E-state index in [-0.39, 0.29) is 5.54 Å². The van der Waals surface area contributed by atoms with Crippen molar-refractivity contribution < 1.29 is 4.74 Å². The molecule has 0 radical (unpaired) electrons. The molecule has 0 heterocycles. The molecule has 1 saturated carbocycles. The zero-order valence-corrected chi connectivity index (χ0v) is 7.39. The summed E-state index contributed by atoms with van der Waals surface area (Å²) in [5.41, 5.74) is 5.75. The summed E-state index contributed by atoms with van der Waals surface area (Å²) >= 11 is 0. The summed E-state index contributed by atoms with van der Waals surface area (Å²) < 4.78 is 5.15. The first-order valence-electron chi connectivity index (χ1n) is 4.17. The van der Waals surface area contributed by atoms with Crippen LogP contribution >= 0.6 is 0 Å². The summed E-state index contributed by atoms with van der Waals surface area (Å²) in [6.07, 6.45) is 2.59. The molecule has 66 valence electrons. The number of likely N-dealkylation sites (N-methyl/N-ethyl adjacent to an activating group) is 1. The van der Waals surface area contributed by atoms with Crippen LogP contribution in [0.3, 0.4) is 0 Å². The molecule has 1 rings (SSSR count). The van der Waals surface area contributed by atoms with E-state index in [0.717, 1.165) is 12.5 Å². The van der Waals surface area contributed by atoms with Gasteiger partial charge in [-0.2, -0.15) is 0 Å². The van der Waals surface area contributed by atoms with E-state index in [4.69, 9.17) is 10.5 Å². The molecule has 0 saturated heterocycles. The maximum absolute atomic E-state index is 5.70. The highest BCUT2D eigenvalue weighted by molar-refractivity contribution is 5.01. The maximum Gasteiger partial charge on any atom is 0.0659 e. The van der Waals surface area contributed by atoms with Crippen LogP contribution in [0.2, 0.25) is 0 Å². The minimum absolute atomic E-state index is 0.0503. The Morgan fingerprint density at radius 2 is 2.27 bits per heavy atom. The standard InChI is InChI=1S/C8H18N2O/c1-10-8(5-9,6-11-2)7-3-4-7/h7,10H,3-6,9H2,1-2H3. The SMILES string of the molecule is CNC(CN)(COC)C1CC1. The molecule has 0 aromatic carbocycles. The monoisotopic (exact) mass is 158 g/mol. The molecule has 0 spiro atoms. The topological polar surface area (TPSA) is 47.3 Å². The highest BCUT2D eigenvalue weighted by Crippen LogP contribution is 2.39. The molecule has 1 atom stereocenters. The molecule has 0 aromatic rings. The molecular formula is C8H18N2O. The second-order valence-corrected chi connectivity index (χ2v) is 3.32. The van der Waals surface area contributed by atoms with E-state index < -0.39 is 0 Å². The van der Waals surface area contributed by atoms with E-state index in [0.29, 0.717) is 6.54 Å². The van der Waals surface area contributed by atoms with Crippen LogP contribution in [0, 0.1) is 5.92 Å². The predicted octanol–water partition coefficient (Wildman–Crippen LogP) is -0.0403. The van der Waals surface area contributed by atoms with E-state index in [1.165, 1.54) is 12.8 Å². The van der Waals surface area contributed by atoms with Crippen molar-refractivity contribution in [1.29, 1.82) is 0 Å². The van der Waals surface area contributed by atoms with Gasteiger partial charge in [0.05, 0.1) is 12.1 Å². The average Bonchev–Trinajstić information content (AvgIpc) is 2.83. The molecule has 11 heavy (non-hydrogen) atoms. The lowest BCUT2D eigenvalue weighted by molar-refractivity contribution is 0.104. The molecular weight excluding hydrogens is 140 g/mol. The lowest BCUT2D eigenvalue weighted by Crippen LogP contribution is -2.54. The Labute approximate surface area is 68.3 Å². The smallest absolute Gasteiger partial charge is 0.0659 e. The van der Waals surface area contributed by atoms with Gasteiger partial charge in [-0.15, -0.1) is 0 Å². The van der Waals surface area contributed by atoms with Gasteiger partial charge in [0.15, 0.2) is 0 Å². The highest BCUT2D eigenvalue weighted by atomic mass is 16.5. The number of nitrogens with one attached hydrogen (secondary N) is 1. The van der Waals surface area contributed by atoms with Gasteiger partial charge in [-0.1, -0.05) is 0 Å². The van der Waals surface area contributed by atoms with Gasteiger partial charge < -0.3 is 15.8 Å². The fraction of sp³-hybridized carbons (Fsp3) is 1.00. The maximum atomic E-state index is 5.70. The van der Waals surface area contributed by atoms with Gasteiger partial charge in [-0.3, -0.25) is 0 Å². The average molecular weight is 158 g/mol. The van der Waals surface area contributed by atoms with E-state index in [2.05, 4.69) is 5.32 Å². The van der Waals surface area contributed by atoms with Crippen molar-refractivity contribution in [3.8, 4) is 0 Å². The normalized spacial score (nSPS) is 23.2. The van der Waals surface area contributed by atoms with Crippen molar-refractivity contribution in [1.82, 2.24) is 5.32 Å². The van der Waals surface area contributed by atoms with Gasteiger partial charge in [-0.25, -0.2) is 0 Å². The second-order valence-electron chi connectivity index (χ2n) is 3.32. The van der Waals surface area contributed by atoms with Crippen LogP contribution in [0.5, 0.6) is 0 Å². The number of nitrogens with two attached hydrogens (primary N) is 1. The third-order valence-corrected chi connectivity index (χ3v) is 2.62. The minimum Gasteiger partial charge on any atom is -0.383 e. The first-order chi connectivity index (χ1) is 5.29. The Morgan fingerprint density at radius 3 is 2.55 bits per heavy atom. The molecule has 1 unspecified atom stereocenters. The van der Waals surface area contributed by atoms with E-state index in [1.807, 2.05) is 7.05 Å². The lowest BCUT2D eigenvalue weighted by Gasteiger charge is -2.31. The van der Waals surface area contributed by atoms with Gasteiger partial charge in [-0.05, 0) is 25.8 Å². The summed E-state index contributed by atoms with van der Waals surface area (Å²) in [4.78, 5) is 0. The molecule has 1 fully saturated rings. The molecule has 0 aliphatic heterocycles. The Kier molecular flexibility index (Phi) is 2.87. The summed E-state index contributed by atoms with van der Waals surface area (Å²) in [5, 5.41) is 3.28. The third kappa shape index (κ3) is 1.72. The number of hydrogen-bond acceptors (Lipinski definition) is 3. The number of ether oxygens (including phenoxy) is 1. The highest BCUT2D eigenvalue weighted by Gasteiger charge is 2.43. The van der Waals surface area contributed by atoms with Crippen LogP contribution in [0.4, 0.5) is 0 Å². The second kappa shape index (κ2) is 3.52. The van der Waals surface area contributed by atoms with Gasteiger partial charge in [0.25, 0.3) is 0 Å². The zero-order chi connectivity index (χ0) is 8.32. The summed E-state index contributed by atoms with van der Waals surface area (Å²) in [6.45, 7) is 1.40. The quantitative estimate of drug-likeness (QED) is 0.590.